The van der Waals surface area contributed by atoms with Crippen molar-refractivity contribution in [2.24, 2.45) is 0 Å². The van der Waals surface area contributed by atoms with Gasteiger partial charge in [-0.05, 0) is 19.8 Å². The van der Waals surface area contributed by atoms with Gasteiger partial charge >= 0.3 is 6.09 Å². The summed E-state index contributed by atoms with van der Waals surface area (Å²) in [5.41, 5.74) is 0. The van der Waals surface area contributed by atoms with Crippen molar-refractivity contribution >= 4 is 12.6 Å². The van der Waals surface area contributed by atoms with Crippen LogP contribution in [0.4, 0.5) is 4.79 Å². The highest BCUT2D eigenvalue weighted by atomic mass is 16.6. The molecule has 0 aliphatic carbocycles. The summed E-state index contributed by atoms with van der Waals surface area (Å²) >= 11 is 0. The highest BCUT2D eigenvalue weighted by molar-refractivity contribution is 5.68. The third-order valence-electron chi connectivity index (χ3n) is 2.11. The summed E-state index contributed by atoms with van der Waals surface area (Å²) in [4.78, 5) is 21.4. The molecule has 1 aliphatic rings. The average Bonchev–Trinajstić information content (AvgIpc) is 2.76. The van der Waals surface area contributed by atoms with E-state index in [0.717, 1.165) is 26.5 Å². The zero-order valence-corrected chi connectivity index (χ0v) is 10.3. The van der Waals surface area contributed by atoms with Crippen molar-refractivity contribution in [3.05, 3.63) is 12.7 Å². The fourth-order valence-electron chi connectivity index (χ4n) is 1.42. The topological polar surface area (TPSA) is 87.1 Å². The molecular formula is C11H21NO5. The third-order valence-corrected chi connectivity index (χ3v) is 2.11. The lowest BCUT2D eigenvalue weighted by Gasteiger charge is -2.19. The highest BCUT2D eigenvalue weighted by Crippen LogP contribution is 2.16. The quantitative estimate of drug-likeness (QED) is 0.563. The Hall–Kier alpha value is -1.56. The van der Waals surface area contributed by atoms with E-state index >= 15 is 0 Å². The molecule has 1 saturated heterocycles. The van der Waals surface area contributed by atoms with Crippen LogP contribution in [0.5, 0.6) is 0 Å². The smallest absolute Gasteiger partial charge is 0.410 e. The SMILES string of the molecule is C=CCOC(=O)N1CCCC1C.CO.O=CO. The van der Waals surface area contributed by atoms with Crippen LogP contribution in [0.1, 0.15) is 19.8 Å². The first kappa shape index (κ1) is 17.8. The number of rotatable bonds is 2. The van der Waals surface area contributed by atoms with Gasteiger partial charge < -0.3 is 19.8 Å². The number of amides is 1. The van der Waals surface area contributed by atoms with E-state index in [1.807, 2.05) is 6.92 Å². The Balaban J connectivity index is 0. The van der Waals surface area contributed by atoms with Crippen LogP contribution >= 0.6 is 0 Å². The van der Waals surface area contributed by atoms with E-state index in [4.69, 9.17) is 19.7 Å². The predicted molar refractivity (Wildman–Crippen MR) is 63.8 cm³/mol. The Kier molecular flexibility index (Phi) is 13.1. The first-order valence-corrected chi connectivity index (χ1v) is 5.24. The molecule has 6 heteroatoms. The van der Waals surface area contributed by atoms with Crippen molar-refractivity contribution in [3.63, 3.8) is 0 Å². The number of hydrogen-bond donors (Lipinski definition) is 2. The number of carbonyl (C=O) groups excluding carboxylic acids is 1. The lowest BCUT2D eigenvalue weighted by Crippen LogP contribution is -2.34. The fraction of sp³-hybridized carbons (Fsp3) is 0.636. The Morgan fingerprint density at radius 3 is 2.47 bits per heavy atom. The minimum absolute atomic E-state index is 0.208. The van der Waals surface area contributed by atoms with Crippen LogP contribution in [0.2, 0.25) is 0 Å². The van der Waals surface area contributed by atoms with Crippen LogP contribution in [-0.2, 0) is 9.53 Å². The van der Waals surface area contributed by atoms with Gasteiger partial charge in [0.15, 0.2) is 0 Å². The average molecular weight is 247 g/mol. The summed E-state index contributed by atoms with van der Waals surface area (Å²) in [7, 11) is 1.00. The number of ether oxygens (including phenoxy) is 1. The number of aliphatic hydroxyl groups excluding tert-OH is 1. The second kappa shape index (κ2) is 12.5. The summed E-state index contributed by atoms with van der Waals surface area (Å²) in [5.74, 6) is 0. The van der Waals surface area contributed by atoms with E-state index in [2.05, 4.69) is 6.58 Å². The first-order chi connectivity index (χ1) is 8.17. The van der Waals surface area contributed by atoms with E-state index in [0.29, 0.717) is 12.6 Å². The molecule has 17 heavy (non-hydrogen) atoms. The molecule has 1 atom stereocenters. The van der Waals surface area contributed by atoms with E-state index in [-0.39, 0.29) is 12.6 Å². The molecule has 0 radical (unpaired) electrons. The minimum atomic E-state index is -0.250. The number of carbonyl (C=O) groups is 2. The van der Waals surface area contributed by atoms with Gasteiger partial charge in [0.2, 0.25) is 0 Å². The van der Waals surface area contributed by atoms with Crippen LogP contribution in [0.25, 0.3) is 0 Å². The molecule has 1 heterocycles. The standard InChI is InChI=1S/C9H15NO2.CH2O2.CH4O/c1-3-7-12-9(11)10-6-4-5-8(10)2;2-1-3;1-2/h3,8H,1,4-7H2,2H3;1H,(H,2,3);2H,1H3. The maximum Gasteiger partial charge on any atom is 0.410 e. The third kappa shape index (κ3) is 8.27. The molecule has 0 bridgehead atoms. The largest absolute Gasteiger partial charge is 0.483 e. The number of nitrogens with zero attached hydrogens (tertiary/aromatic N) is 1. The van der Waals surface area contributed by atoms with Gasteiger partial charge in [-0.2, -0.15) is 0 Å². The lowest BCUT2D eigenvalue weighted by atomic mass is 10.2. The van der Waals surface area contributed by atoms with Gasteiger partial charge in [0.05, 0.1) is 0 Å². The molecule has 1 unspecified atom stereocenters. The lowest BCUT2D eigenvalue weighted by molar-refractivity contribution is -0.122. The Morgan fingerprint density at radius 1 is 1.59 bits per heavy atom. The molecular weight excluding hydrogens is 226 g/mol. The fourth-order valence-corrected chi connectivity index (χ4v) is 1.42. The molecule has 100 valence electrons. The molecule has 0 aromatic heterocycles. The number of aliphatic hydroxyl groups is 1. The van der Waals surface area contributed by atoms with Gasteiger partial charge in [-0.25, -0.2) is 4.79 Å². The Morgan fingerprint density at radius 2 is 2.12 bits per heavy atom. The van der Waals surface area contributed by atoms with Gasteiger partial charge in [0.25, 0.3) is 6.47 Å². The minimum Gasteiger partial charge on any atom is -0.483 e. The monoisotopic (exact) mass is 247 g/mol. The van der Waals surface area contributed by atoms with E-state index in [1.165, 1.54) is 0 Å². The number of hydrogen-bond acceptors (Lipinski definition) is 4. The summed E-state index contributed by atoms with van der Waals surface area (Å²) in [6, 6.07) is 0.335. The molecule has 2 N–H and O–H groups in total. The maximum atomic E-state index is 11.3. The number of likely N-dealkylation sites (tertiary alicyclic amines) is 1. The molecule has 1 aliphatic heterocycles. The Labute approximate surface area is 101 Å². The first-order valence-electron chi connectivity index (χ1n) is 5.24. The molecule has 0 saturated carbocycles. The van der Waals surface area contributed by atoms with E-state index in [1.54, 1.807) is 11.0 Å². The van der Waals surface area contributed by atoms with Gasteiger partial charge in [-0.15, -0.1) is 0 Å². The molecule has 0 aromatic rings. The Bertz CT molecular complexity index is 220. The molecule has 1 fully saturated rings. The van der Waals surface area contributed by atoms with Crippen molar-refractivity contribution in [3.8, 4) is 0 Å². The number of carboxylic acid groups (broad SMARTS) is 1. The van der Waals surface area contributed by atoms with Crippen molar-refractivity contribution in [2.45, 2.75) is 25.8 Å². The predicted octanol–water partition coefficient (Wildman–Crippen LogP) is 1.10. The summed E-state index contributed by atoms with van der Waals surface area (Å²) in [6.45, 7) is 6.41. The van der Waals surface area contributed by atoms with Gasteiger partial charge in [0, 0.05) is 19.7 Å². The summed E-state index contributed by atoms with van der Waals surface area (Å²) in [6.07, 6.45) is 3.55. The molecule has 6 nitrogen and oxygen atoms in total. The van der Waals surface area contributed by atoms with Crippen LogP contribution in [-0.4, -0.2) is 54.0 Å². The van der Waals surface area contributed by atoms with Crippen LogP contribution < -0.4 is 0 Å². The molecule has 0 spiro atoms. The second-order valence-corrected chi connectivity index (χ2v) is 3.16. The van der Waals surface area contributed by atoms with Gasteiger partial charge in [0.1, 0.15) is 6.61 Å². The van der Waals surface area contributed by atoms with Crippen molar-refractivity contribution in [2.75, 3.05) is 20.3 Å². The van der Waals surface area contributed by atoms with Crippen LogP contribution in [0, 0.1) is 0 Å². The van der Waals surface area contributed by atoms with E-state index in [9.17, 15) is 4.79 Å². The molecule has 0 aromatic carbocycles. The molecule has 1 amide bonds. The van der Waals surface area contributed by atoms with E-state index < -0.39 is 0 Å². The zero-order valence-electron chi connectivity index (χ0n) is 10.3. The van der Waals surface area contributed by atoms with Crippen molar-refractivity contribution in [1.82, 2.24) is 4.90 Å². The molecule has 1 rings (SSSR count). The summed E-state index contributed by atoms with van der Waals surface area (Å²) < 4.78 is 4.91. The zero-order chi connectivity index (χ0) is 13.7. The van der Waals surface area contributed by atoms with Gasteiger partial charge in [-0.3, -0.25) is 4.79 Å². The van der Waals surface area contributed by atoms with Gasteiger partial charge in [-0.1, -0.05) is 12.7 Å². The highest BCUT2D eigenvalue weighted by Gasteiger charge is 2.25. The summed E-state index contributed by atoms with van der Waals surface area (Å²) in [5, 5.41) is 13.9. The van der Waals surface area contributed by atoms with Crippen molar-refractivity contribution < 1.29 is 24.5 Å². The second-order valence-electron chi connectivity index (χ2n) is 3.16. The van der Waals surface area contributed by atoms with Crippen LogP contribution in [0.15, 0.2) is 12.7 Å². The maximum absolute atomic E-state index is 11.3. The van der Waals surface area contributed by atoms with Crippen molar-refractivity contribution in [1.29, 1.82) is 0 Å². The van der Waals surface area contributed by atoms with Crippen LogP contribution in [0.3, 0.4) is 0 Å². The normalized spacial score (nSPS) is 16.9.